The fraction of sp³-hybridized carbons (Fsp3) is 0.350. The van der Waals surface area contributed by atoms with Gasteiger partial charge in [0.1, 0.15) is 0 Å². The number of hydrogen-bond donors (Lipinski definition) is 3. The number of hydrogen-bond acceptors (Lipinski definition) is 5. The second-order valence-electron chi connectivity index (χ2n) is 5.55. The van der Waals surface area contributed by atoms with Gasteiger partial charge in [0.25, 0.3) is 0 Å². The molecule has 1 heterocycles. The van der Waals surface area contributed by atoms with E-state index in [9.17, 15) is 10.0 Å². The molecule has 7 heteroatoms. The third kappa shape index (κ3) is 8.32. The number of amides is 1. The standard InChI is InChI=1S/C10H12ClN3O2S.C8H10.C2H6/c1-2-12-14(16)17-9-3-6-4-10(15)13-8(6)5-7(9)11;1-8-6-4-2-3-5-7-8;1-2/h3,5,12,16H,2,4H2,1H3,(H,13,15);2-8H,1H3;1-2H3. The number of benzene rings is 1. The summed E-state index contributed by atoms with van der Waals surface area (Å²) in [6, 6.07) is 3.50. The Labute approximate surface area is 171 Å². The maximum absolute atomic E-state index is 11.2. The van der Waals surface area contributed by atoms with Crippen LogP contribution in [0.15, 0.2) is 53.5 Å². The van der Waals surface area contributed by atoms with Crippen molar-refractivity contribution in [2.75, 3.05) is 11.9 Å². The molecule has 0 saturated heterocycles. The fourth-order valence-corrected chi connectivity index (χ4v) is 3.22. The third-order valence-corrected chi connectivity index (χ3v) is 4.68. The summed E-state index contributed by atoms with van der Waals surface area (Å²) in [4.78, 5) is 11.9. The molecule has 27 heavy (non-hydrogen) atoms. The van der Waals surface area contributed by atoms with Gasteiger partial charge in [-0.25, -0.2) is 5.43 Å². The number of nitrogens with one attached hydrogen (secondary N) is 2. The molecule has 2 aliphatic rings. The van der Waals surface area contributed by atoms with Crippen molar-refractivity contribution in [1.82, 2.24) is 10.0 Å². The van der Waals surface area contributed by atoms with Gasteiger partial charge in [-0.1, -0.05) is 80.3 Å². The Hall–Kier alpha value is -1.57. The molecule has 1 aromatic carbocycles. The molecule has 5 nitrogen and oxygen atoms in total. The van der Waals surface area contributed by atoms with Gasteiger partial charge in [-0.2, -0.15) is 0 Å². The van der Waals surface area contributed by atoms with Crippen LogP contribution in [-0.2, 0) is 11.2 Å². The van der Waals surface area contributed by atoms with Crippen LogP contribution in [0, 0.1) is 5.92 Å². The molecule has 0 aromatic heterocycles. The van der Waals surface area contributed by atoms with Gasteiger partial charge in [-0.15, -0.1) is 0 Å². The molecule has 0 spiro atoms. The van der Waals surface area contributed by atoms with Gasteiger partial charge in [0.15, 0.2) is 0 Å². The Bertz CT molecular complexity index is 689. The molecule has 3 N–H and O–H groups in total. The molecule has 1 amide bonds. The molecule has 0 saturated carbocycles. The van der Waals surface area contributed by atoms with Crippen molar-refractivity contribution in [3.05, 3.63) is 59.2 Å². The first kappa shape index (κ1) is 23.5. The highest BCUT2D eigenvalue weighted by atomic mass is 35.5. The first-order chi connectivity index (χ1) is 13.0. The predicted octanol–water partition coefficient (Wildman–Crippen LogP) is 5.39. The maximum Gasteiger partial charge on any atom is 0.228 e. The predicted molar refractivity (Wildman–Crippen MR) is 115 cm³/mol. The number of rotatable bonds is 4. The Kier molecular flexibility index (Phi) is 11.1. The lowest BCUT2D eigenvalue weighted by molar-refractivity contribution is -0.115. The number of allylic oxidation sites excluding steroid dienone is 6. The van der Waals surface area contributed by atoms with Crippen molar-refractivity contribution in [2.24, 2.45) is 5.92 Å². The quantitative estimate of drug-likeness (QED) is 0.459. The molecule has 0 radical (unpaired) electrons. The van der Waals surface area contributed by atoms with Gasteiger partial charge in [0.05, 0.1) is 11.4 Å². The topological polar surface area (TPSA) is 64.6 Å². The summed E-state index contributed by atoms with van der Waals surface area (Å²) < 4.78 is 0.901. The monoisotopic (exact) mass is 409 g/mol. The zero-order valence-corrected chi connectivity index (χ0v) is 17.8. The minimum Gasteiger partial charge on any atom is -0.325 e. The average Bonchev–Trinajstić information content (AvgIpc) is 2.82. The summed E-state index contributed by atoms with van der Waals surface area (Å²) in [7, 11) is 0. The number of nitrogens with zero attached hydrogens (tertiary/aromatic N) is 1. The van der Waals surface area contributed by atoms with E-state index in [1.807, 2.05) is 32.9 Å². The maximum atomic E-state index is 11.2. The summed E-state index contributed by atoms with van der Waals surface area (Å²) in [5.74, 6) is 0.566. The number of anilines is 1. The van der Waals surface area contributed by atoms with Gasteiger partial charge in [0.2, 0.25) is 5.91 Å². The molecule has 1 aliphatic carbocycles. The SMILES string of the molecule is CC.CC1C=CC=CC=C1.CCNN(O)Sc1cc2c(cc1Cl)NC(=O)C2. The van der Waals surface area contributed by atoms with Crippen LogP contribution >= 0.6 is 23.5 Å². The van der Waals surface area contributed by atoms with E-state index in [0.29, 0.717) is 28.8 Å². The highest BCUT2D eigenvalue weighted by Crippen LogP contribution is 2.35. The van der Waals surface area contributed by atoms with Crippen LogP contribution < -0.4 is 10.7 Å². The Morgan fingerprint density at radius 1 is 1.26 bits per heavy atom. The van der Waals surface area contributed by atoms with Crippen LogP contribution in [0.5, 0.6) is 0 Å². The highest BCUT2D eigenvalue weighted by Gasteiger charge is 2.20. The van der Waals surface area contributed by atoms with E-state index >= 15 is 0 Å². The smallest absolute Gasteiger partial charge is 0.228 e. The summed E-state index contributed by atoms with van der Waals surface area (Å²) in [6.45, 7) is 8.64. The van der Waals surface area contributed by atoms with E-state index in [1.165, 1.54) is 0 Å². The minimum atomic E-state index is -0.0363. The van der Waals surface area contributed by atoms with Crippen LogP contribution in [0.2, 0.25) is 5.02 Å². The van der Waals surface area contributed by atoms with Gasteiger partial charge >= 0.3 is 0 Å². The normalized spacial score (nSPS) is 14.7. The molecular weight excluding hydrogens is 382 g/mol. The Balaban J connectivity index is 0.000000305. The van der Waals surface area contributed by atoms with E-state index in [2.05, 4.69) is 42.0 Å². The molecule has 0 fully saturated rings. The highest BCUT2D eigenvalue weighted by molar-refractivity contribution is 7.97. The lowest BCUT2D eigenvalue weighted by Crippen LogP contribution is -2.28. The second-order valence-corrected chi connectivity index (χ2v) is 6.93. The molecule has 1 aliphatic heterocycles. The molecule has 1 aromatic rings. The van der Waals surface area contributed by atoms with Crippen molar-refractivity contribution >= 4 is 35.1 Å². The molecule has 3 rings (SSSR count). The number of halogens is 1. The molecule has 0 bridgehead atoms. The lowest BCUT2D eigenvalue weighted by atomic mass is 10.2. The average molecular weight is 410 g/mol. The van der Waals surface area contributed by atoms with Crippen LogP contribution in [-0.4, -0.2) is 22.2 Å². The zero-order chi connectivity index (χ0) is 20.2. The van der Waals surface area contributed by atoms with E-state index in [4.69, 9.17) is 11.6 Å². The van der Waals surface area contributed by atoms with Gasteiger partial charge in [0, 0.05) is 29.1 Å². The van der Waals surface area contributed by atoms with Crippen molar-refractivity contribution in [3.63, 3.8) is 0 Å². The number of carbonyl (C=O) groups is 1. The van der Waals surface area contributed by atoms with Crippen molar-refractivity contribution in [1.29, 1.82) is 0 Å². The van der Waals surface area contributed by atoms with E-state index < -0.39 is 0 Å². The van der Waals surface area contributed by atoms with Gasteiger partial charge in [-0.3, -0.25) is 10.0 Å². The van der Waals surface area contributed by atoms with Crippen LogP contribution in [0.4, 0.5) is 5.69 Å². The van der Waals surface area contributed by atoms with Gasteiger partial charge < -0.3 is 5.32 Å². The lowest BCUT2D eigenvalue weighted by Gasteiger charge is -2.14. The number of carbonyl (C=O) groups excluding carboxylic acids is 1. The van der Waals surface area contributed by atoms with Crippen molar-refractivity contribution < 1.29 is 10.0 Å². The summed E-state index contributed by atoms with van der Waals surface area (Å²) in [6.07, 6.45) is 12.9. The molecule has 148 valence electrons. The van der Waals surface area contributed by atoms with Crippen molar-refractivity contribution in [2.45, 2.75) is 39.0 Å². The zero-order valence-electron chi connectivity index (χ0n) is 16.2. The summed E-state index contributed by atoms with van der Waals surface area (Å²) in [5.41, 5.74) is 4.35. The third-order valence-electron chi connectivity index (χ3n) is 3.42. The first-order valence-corrected chi connectivity index (χ1v) is 10.2. The summed E-state index contributed by atoms with van der Waals surface area (Å²) in [5, 5.41) is 12.7. The largest absolute Gasteiger partial charge is 0.325 e. The first-order valence-electron chi connectivity index (χ1n) is 9.04. The second kappa shape index (κ2) is 12.8. The molecule has 0 unspecified atom stereocenters. The number of fused-ring (bicyclic) bond motifs is 1. The number of hydrazine groups is 1. The van der Waals surface area contributed by atoms with Crippen LogP contribution in [0.3, 0.4) is 0 Å². The fourth-order valence-electron chi connectivity index (χ4n) is 2.23. The minimum absolute atomic E-state index is 0.0363. The Morgan fingerprint density at radius 3 is 2.48 bits per heavy atom. The molecule has 0 atom stereocenters. The van der Waals surface area contributed by atoms with Crippen molar-refractivity contribution in [3.8, 4) is 0 Å². The van der Waals surface area contributed by atoms with E-state index in [1.54, 1.807) is 12.1 Å². The van der Waals surface area contributed by atoms with E-state index in [-0.39, 0.29) is 5.91 Å². The Morgan fingerprint density at radius 2 is 1.89 bits per heavy atom. The van der Waals surface area contributed by atoms with Crippen LogP contribution in [0.25, 0.3) is 0 Å². The molecular formula is C20H28ClN3O2S. The summed E-state index contributed by atoms with van der Waals surface area (Å²) >= 11 is 7.13. The van der Waals surface area contributed by atoms with Crippen LogP contribution in [0.1, 0.15) is 33.3 Å². The van der Waals surface area contributed by atoms with Gasteiger partial charge in [-0.05, 0) is 23.6 Å². The van der Waals surface area contributed by atoms with E-state index in [0.717, 1.165) is 27.8 Å².